The average Bonchev–Trinajstić information content (AvgIpc) is 2.38. The molecule has 0 saturated heterocycles. The number of benzene rings is 2. The normalized spacial score (nSPS) is 11.3. The maximum Gasteiger partial charge on any atom is 0.336 e. The number of hydrogen-bond acceptors (Lipinski definition) is 1. The summed E-state index contributed by atoms with van der Waals surface area (Å²) >= 11 is 0. The fraction of sp³-hybridized carbons (Fsp3) is 0.235. The van der Waals surface area contributed by atoms with Crippen LogP contribution in [0.2, 0.25) is 0 Å². The SMILES string of the molecule is CC(C)(C)c1ccc(C(=O)O)c(-c2ccccc2)c1. The van der Waals surface area contributed by atoms with Crippen LogP contribution in [0.1, 0.15) is 36.7 Å². The molecule has 0 aliphatic heterocycles. The van der Waals surface area contributed by atoms with Crippen LogP contribution >= 0.6 is 0 Å². The lowest BCUT2D eigenvalue weighted by Gasteiger charge is -2.21. The van der Waals surface area contributed by atoms with Gasteiger partial charge in [0, 0.05) is 0 Å². The van der Waals surface area contributed by atoms with Crippen molar-refractivity contribution < 1.29 is 9.90 Å². The number of hydrogen-bond donors (Lipinski definition) is 1. The lowest BCUT2D eigenvalue weighted by atomic mass is 9.84. The molecule has 0 spiro atoms. The molecule has 2 nitrogen and oxygen atoms in total. The molecule has 1 N–H and O–H groups in total. The van der Waals surface area contributed by atoms with Gasteiger partial charge in [-0.15, -0.1) is 0 Å². The second kappa shape index (κ2) is 4.88. The second-order valence-electron chi connectivity index (χ2n) is 5.68. The topological polar surface area (TPSA) is 37.3 Å². The Morgan fingerprint density at radius 3 is 2.16 bits per heavy atom. The predicted octanol–water partition coefficient (Wildman–Crippen LogP) is 4.35. The minimum Gasteiger partial charge on any atom is -0.478 e. The van der Waals surface area contributed by atoms with Crippen LogP contribution in [0.4, 0.5) is 0 Å². The molecule has 0 fully saturated rings. The Balaban J connectivity index is 2.65. The summed E-state index contributed by atoms with van der Waals surface area (Å²) < 4.78 is 0. The Morgan fingerprint density at radius 1 is 1.00 bits per heavy atom. The Bertz CT molecular complexity index is 592. The van der Waals surface area contributed by atoms with Crippen LogP contribution in [-0.2, 0) is 5.41 Å². The number of carbonyl (C=O) groups is 1. The molecule has 0 radical (unpaired) electrons. The van der Waals surface area contributed by atoms with Gasteiger partial charge in [0.1, 0.15) is 0 Å². The summed E-state index contributed by atoms with van der Waals surface area (Å²) in [4.78, 5) is 11.4. The van der Waals surface area contributed by atoms with E-state index in [2.05, 4.69) is 20.8 Å². The van der Waals surface area contributed by atoms with Gasteiger partial charge in [-0.05, 0) is 34.2 Å². The molecule has 2 rings (SSSR count). The molecule has 0 atom stereocenters. The summed E-state index contributed by atoms with van der Waals surface area (Å²) in [5.74, 6) is -0.890. The molecule has 0 unspecified atom stereocenters. The van der Waals surface area contributed by atoms with E-state index in [0.29, 0.717) is 5.56 Å². The molecule has 0 amide bonds. The first-order valence-electron chi connectivity index (χ1n) is 6.33. The third-order valence-electron chi connectivity index (χ3n) is 3.20. The molecule has 2 aromatic rings. The zero-order valence-corrected chi connectivity index (χ0v) is 11.5. The maximum atomic E-state index is 11.4. The third kappa shape index (κ3) is 2.84. The summed E-state index contributed by atoms with van der Waals surface area (Å²) in [6.07, 6.45) is 0. The Kier molecular flexibility index (Phi) is 3.43. The monoisotopic (exact) mass is 254 g/mol. The number of carboxylic acids is 1. The van der Waals surface area contributed by atoms with E-state index in [1.807, 2.05) is 42.5 Å². The van der Waals surface area contributed by atoms with Crippen LogP contribution in [0.5, 0.6) is 0 Å². The van der Waals surface area contributed by atoms with E-state index < -0.39 is 5.97 Å². The van der Waals surface area contributed by atoms with Gasteiger partial charge in [0.2, 0.25) is 0 Å². The van der Waals surface area contributed by atoms with Crippen LogP contribution in [0, 0.1) is 0 Å². The minimum absolute atomic E-state index is 0.000559. The molecule has 0 heterocycles. The summed E-state index contributed by atoms with van der Waals surface area (Å²) in [6.45, 7) is 6.37. The van der Waals surface area contributed by atoms with Crippen molar-refractivity contribution >= 4 is 5.97 Å². The second-order valence-corrected chi connectivity index (χ2v) is 5.68. The molecule has 0 aromatic heterocycles. The van der Waals surface area contributed by atoms with E-state index in [-0.39, 0.29) is 5.41 Å². The predicted molar refractivity (Wildman–Crippen MR) is 77.5 cm³/mol. The third-order valence-corrected chi connectivity index (χ3v) is 3.20. The first kappa shape index (κ1) is 13.3. The van der Waals surface area contributed by atoms with Crippen LogP contribution in [-0.4, -0.2) is 11.1 Å². The van der Waals surface area contributed by atoms with Crippen molar-refractivity contribution in [3.63, 3.8) is 0 Å². The van der Waals surface area contributed by atoms with Gasteiger partial charge in [-0.25, -0.2) is 4.79 Å². The first-order chi connectivity index (χ1) is 8.89. The van der Waals surface area contributed by atoms with E-state index in [9.17, 15) is 9.90 Å². The molecule has 98 valence electrons. The molecular weight excluding hydrogens is 236 g/mol. The van der Waals surface area contributed by atoms with Crippen molar-refractivity contribution in [3.05, 3.63) is 59.7 Å². The van der Waals surface area contributed by atoms with E-state index >= 15 is 0 Å². The van der Waals surface area contributed by atoms with Gasteiger partial charge in [-0.2, -0.15) is 0 Å². The van der Waals surface area contributed by atoms with Crippen molar-refractivity contribution in [2.24, 2.45) is 0 Å². The Hall–Kier alpha value is -2.09. The van der Waals surface area contributed by atoms with E-state index in [1.165, 1.54) is 0 Å². The van der Waals surface area contributed by atoms with Gasteiger partial charge in [0.15, 0.2) is 0 Å². The molecule has 0 saturated carbocycles. The van der Waals surface area contributed by atoms with E-state index in [0.717, 1.165) is 16.7 Å². The van der Waals surface area contributed by atoms with Gasteiger partial charge in [0.05, 0.1) is 5.56 Å². The zero-order chi connectivity index (χ0) is 14.0. The quantitative estimate of drug-likeness (QED) is 0.865. The van der Waals surface area contributed by atoms with Crippen molar-refractivity contribution in [2.45, 2.75) is 26.2 Å². The highest BCUT2D eigenvalue weighted by Crippen LogP contribution is 2.30. The van der Waals surface area contributed by atoms with Gasteiger partial charge in [-0.1, -0.05) is 57.2 Å². The fourth-order valence-electron chi connectivity index (χ4n) is 2.05. The summed E-state index contributed by atoms with van der Waals surface area (Å²) in [5.41, 5.74) is 3.20. The summed E-state index contributed by atoms with van der Waals surface area (Å²) in [5, 5.41) is 9.32. The van der Waals surface area contributed by atoms with Crippen LogP contribution in [0.25, 0.3) is 11.1 Å². The largest absolute Gasteiger partial charge is 0.478 e. The molecule has 0 aliphatic rings. The lowest BCUT2D eigenvalue weighted by molar-refractivity contribution is 0.0697. The highest BCUT2D eigenvalue weighted by atomic mass is 16.4. The molecule has 0 aliphatic carbocycles. The first-order valence-corrected chi connectivity index (χ1v) is 6.33. The molecule has 2 aromatic carbocycles. The van der Waals surface area contributed by atoms with E-state index in [4.69, 9.17) is 0 Å². The highest BCUT2D eigenvalue weighted by molar-refractivity contribution is 5.96. The average molecular weight is 254 g/mol. The van der Waals surface area contributed by atoms with Gasteiger partial charge < -0.3 is 5.11 Å². The van der Waals surface area contributed by atoms with Crippen molar-refractivity contribution in [1.82, 2.24) is 0 Å². The smallest absolute Gasteiger partial charge is 0.336 e. The van der Waals surface area contributed by atoms with Crippen LogP contribution in [0.3, 0.4) is 0 Å². The zero-order valence-electron chi connectivity index (χ0n) is 11.5. The number of carboxylic acid groups (broad SMARTS) is 1. The summed E-state index contributed by atoms with van der Waals surface area (Å²) in [6, 6.07) is 15.2. The van der Waals surface area contributed by atoms with E-state index in [1.54, 1.807) is 6.07 Å². The Morgan fingerprint density at radius 2 is 1.63 bits per heavy atom. The fourth-order valence-corrected chi connectivity index (χ4v) is 2.05. The van der Waals surface area contributed by atoms with Crippen LogP contribution in [0.15, 0.2) is 48.5 Å². The Labute approximate surface area is 113 Å². The highest BCUT2D eigenvalue weighted by Gasteiger charge is 2.18. The standard InChI is InChI=1S/C17H18O2/c1-17(2,3)13-9-10-14(16(18)19)15(11-13)12-7-5-4-6-8-12/h4-11H,1-3H3,(H,18,19). The molecule has 2 heteroatoms. The molecule has 19 heavy (non-hydrogen) atoms. The lowest BCUT2D eigenvalue weighted by Crippen LogP contribution is -2.12. The van der Waals surface area contributed by atoms with Crippen molar-refractivity contribution in [2.75, 3.05) is 0 Å². The van der Waals surface area contributed by atoms with Gasteiger partial charge in [-0.3, -0.25) is 0 Å². The number of rotatable bonds is 2. The van der Waals surface area contributed by atoms with Gasteiger partial charge >= 0.3 is 5.97 Å². The van der Waals surface area contributed by atoms with Gasteiger partial charge in [0.25, 0.3) is 0 Å². The maximum absolute atomic E-state index is 11.4. The molecule has 0 bridgehead atoms. The van der Waals surface area contributed by atoms with Crippen molar-refractivity contribution in [1.29, 1.82) is 0 Å². The molecular formula is C17H18O2. The summed E-state index contributed by atoms with van der Waals surface area (Å²) in [7, 11) is 0. The van der Waals surface area contributed by atoms with Crippen molar-refractivity contribution in [3.8, 4) is 11.1 Å². The minimum atomic E-state index is -0.890. The number of aromatic carboxylic acids is 1. The van der Waals surface area contributed by atoms with Crippen LogP contribution < -0.4 is 0 Å².